The molecule has 1 fully saturated rings. The maximum Gasteiger partial charge on any atom is 0.345 e. The molecule has 20 heavy (non-hydrogen) atoms. The number of carbonyl (C=O) groups is 1. The van der Waals surface area contributed by atoms with Gasteiger partial charge in [-0.3, -0.25) is 5.21 Å². The molecule has 0 radical (unpaired) electrons. The molecule has 106 valence electrons. The van der Waals surface area contributed by atoms with Crippen molar-refractivity contribution in [1.82, 2.24) is 5.06 Å². The van der Waals surface area contributed by atoms with Crippen LogP contribution in [0.4, 0.5) is 10.5 Å². The number of hydrogen-bond donors (Lipinski definition) is 2. The van der Waals surface area contributed by atoms with Gasteiger partial charge in [0.25, 0.3) is 0 Å². The van der Waals surface area contributed by atoms with Crippen molar-refractivity contribution in [2.24, 2.45) is 5.92 Å². The summed E-state index contributed by atoms with van der Waals surface area (Å²) in [6, 6.07) is 8.51. The minimum Gasteiger partial charge on any atom is -0.306 e. The van der Waals surface area contributed by atoms with E-state index in [-0.39, 0.29) is 5.92 Å². The van der Waals surface area contributed by atoms with E-state index >= 15 is 0 Å². The first-order chi connectivity index (χ1) is 9.61. The van der Waals surface area contributed by atoms with E-state index in [9.17, 15) is 10.0 Å². The fourth-order valence-corrected chi connectivity index (χ4v) is 2.52. The molecule has 2 rings (SSSR count). The van der Waals surface area contributed by atoms with Crippen molar-refractivity contribution in [3.05, 3.63) is 29.8 Å². The Balaban J connectivity index is 2.01. The molecule has 0 spiro atoms. The molecule has 2 atom stereocenters. The first-order valence-corrected chi connectivity index (χ1v) is 6.87. The van der Waals surface area contributed by atoms with Crippen LogP contribution in [-0.4, -0.2) is 22.3 Å². The number of amides is 2. The summed E-state index contributed by atoms with van der Waals surface area (Å²) < 4.78 is 0. The molecule has 2 N–H and O–H groups in total. The molecule has 1 aromatic carbocycles. The zero-order valence-electron chi connectivity index (χ0n) is 11.5. The number of anilines is 1. The minimum atomic E-state index is -0.582. The molecule has 5 nitrogen and oxygen atoms in total. The number of urea groups is 1. The average molecular weight is 273 g/mol. The van der Waals surface area contributed by atoms with Crippen molar-refractivity contribution in [2.75, 3.05) is 5.32 Å². The SMILES string of the molecule is Cc1ccc(NC(=O)N(O)[C@H]2CCCC[C@H]2C#N)cc1. The third-order valence-corrected chi connectivity index (χ3v) is 3.72. The van der Waals surface area contributed by atoms with Gasteiger partial charge in [0.15, 0.2) is 0 Å². The summed E-state index contributed by atoms with van der Waals surface area (Å²) in [6.07, 6.45) is 3.30. The van der Waals surface area contributed by atoms with Gasteiger partial charge in [-0.1, -0.05) is 30.5 Å². The molecule has 0 aromatic heterocycles. The minimum absolute atomic E-state index is 0.294. The fraction of sp³-hybridized carbons (Fsp3) is 0.467. The molecule has 0 bridgehead atoms. The summed E-state index contributed by atoms with van der Waals surface area (Å²) in [5.41, 5.74) is 1.73. The molecule has 0 unspecified atom stereocenters. The van der Waals surface area contributed by atoms with Crippen molar-refractivity contribution >= 4 is 11.7 Å². The first-order valence-electron chi connectivity index (χ1n) is 6.87. The summed E-state index contributed by atoms with van der Waals surface area (Å²) in [4.78, 5) is 12.0. The summed E-state index contributed by atoms with van der Waals surface area (Å²) in [5.74, 6) is -0.294. The van der Waals surface area contributed by atoms with Crippen LogP contribution < -0.4 is 5.32 Å². The standard InChI is InChI=1S/C15H19N3O2/c1-11-6-8-13(9-7-11)17-15(19)18(20)14-5-3-2-4-12(14)10-16/h6-9,12,14,20H,2-5H2,1H3,(H,17,19)/t12-,14-/m0/s1. The fourth-order valence-electron chi connectivity index (χ4n) is 2.52. The number of nitrogens with zero attached hydrogens (tertiary/aromatic N) is 2. The maximum atomic E-state index is 12.0. The normalized spacial score (nSPS) is 21.9. The Morgan fingerprint density at radius 1 is 1.35 bits per heavy atom. The van der Waals surface area contributed by atoms with Gasteiger partial charge in [0.1, 0.15) is 0 Å². The van der Waals surface area contributed by atoms with Crippen LogP contribution in [0, 0.1) is 24.2 Å². The van der Waals surface area contributed by atoms with Crippen LogP contribution >= 0.6 is 0 Å². The third kappa shape index (κ3) is 3.28. The topological polar surface area (TPSA) is 76.4 Å². The molecule has 1 aliphatic rings. The number of rotatable bonds is 2. The Hall–Kier alpha value is -2.06. The summed E-state index contributed by atoms with van der Waals surface area (Å²) in [7, 11) is 0. The highest BCUT2D eigenvalue weighted by Gasteiger charge is 2.32. The van der Waals surface area contributed by atoms with Gasteiger partial charge in [0, 0.05) is 5.69 Å². The average Bonchev–Trinajstić information content (AvgIpc) is 2.48. The van der Waals surface area contributed by atoms with Gasteiger partial charge >= 0.3 is 6.03 Å². The molecule has 1 aliphatic carbocycles. The Morgan fingerprint density at radius 3 is 2.65 bits per heavy atom. The van der Waals surface area contributed by atoms with Gasteiger partial charge in [-0.15, -0.1) is 0 Å². The predicted molar refractivity (Wildman–Crippen MR) is 75.2 cm³/mol. The van der Waals surface area contributed by atoms with E-state index in [1.165, 1.54) is 0 Å². The van der Waals surface area contributed by atoms with Gasteiger partial charge in [0.05, 0.1) is 18.0 Å². The number of hydroxylamine groups is 2. The van der Waals surface area contributed by atoms with E-state index in [1.807, 2.05) is 19.1 Å². The Bertz CT molecular complexity index is 507. The van der Waals surface area contributed by atoms with Crippen molar-refractivity contribution in [3.8, 4) is 6.07 Å². The molecule has 0 aliphatic heterocycles. The summed E-state index contributed by atoms with van der Waals surface area (Å²) in [6.45, 7) is 1.96. The van der Waals surface area contributed by atoms with E-state index in [0.29, 0.717) is 17.2 Å². The highest BCUT2D eigenvalue weighted by Crippen LogP contribution is 2.27. The number of carbonyl (C=O) groups excluding carboxylic acids is 1. The van der Waals surface area contributed by atoms with E-state index in [4.69, 9.17) is 5.26 Å². The lowest BCUT2D eigenvalue weighted by molar-refractivity contribution is -0.0919. The van der Waals surface area contributed by atoms with Crippen LogP contribution in [0.2, 0.25) is 0 Å². The molecule has 0 saturated heterocycles. The lowest BCUT2D eigenvalue weighted by Gasteiger charge is -2.32. The van der Waals surface area contributed by atoms with E-state index in [2.05, 4.69) is 11.4 Å². The number of benzene rings is 1. The quantitative estimate of drug-likeness (QED) is 0.641. The first kappa shape index (κ1) is 14.4. The van der Waals surface area contributed by atoms with Gasteiger partial charge in [-0.05, 0) is 31.9 Å². The number of aryl methyl sites for hydroxylation is 1. The Kier molecular flexibility index (Phi) is 4.59. The summed E-state index contributed by atoms with van der Waals surface area (Å²) >= 11 is 0. The molecular weight excluding hydrogens is 254 g/mol. The molecule has 5 heteroatoms. The second-order valence-corrected chi connectivity index (χ2v) is 5.23. The monoisotopic (exact) mass is 273 g/mol. The van der Waals surface area contributed by atoms with Crippen LogP contribution in [0.1, 0.15) is 31.2 Å². The molecule has 0 heterocycles. The molecular formula is C15H19N3O2. The molecule has 1 saturated carbocycles. The zero-order valence-corrected chi connectivity index (χ0v) is 11.5. The second-order valence-electron chi connectivity index (χ2n) is 5.23. The van der Waals surface area contributed by atoms with Crippen LogP contribution in [0.15, 0.2) is 24.3 Å². The van der Waals surface area contributed by atoms with Crippen LogP contribution in [0.3, 0.4) is 0 Å². The lowest BCUT2D eigenvalue weighted by atomic mass is 9.85. The van der Waals surface area contributed by atoms with Crippen molar-refractivity contribution in [3.63, 3.8) is 0 Å². The predicted octanol–water partition coefficient (Wildman–Crippen LogP) is 3.30. The van der Waals surface area contributed by atoms with Gasteiger partial charge in [0.2, 0.25) is 0 Å². The Labute approximate surface area is 118 Å². The smallest absolute Gasteiger partial charge is 0.306 e. The Morgan fingerprint density at radius 2 is 2.00 bits per heavy atom. The highest BCUT2D eigenvalue weighted by molar-refractivity contribution is 5.88. The third-order valence-electron chi connectivity index (χ3n) is 3.72. The molecule has 2 amide bonds. The van der Waals surface area contributed by atoms with E-state index < -0.39 is 12.1 Å². The number of nitriles is 1. The van der Waals surface area contributed by atoms with Gasteiger partial charge < -0.3 is 5.32 Å². The highest BCUT2D eigenvalue weighted by atomic mass is 16.5. The summed E-state index contributed by atoms with van der Waals surface area (Å²) in [5, 5.41) is 22.4. The van der Waals surface area contributed by atoms with E-state index in [0.717, 1.165) is 24.8 Å². The zero-order chi connectivity index (χ0) is 14.5. The van der Waals surface area contributed by atoms with Crippen molar-refractivity contribution in [1.29, 1.82) is 5.26 Å². The van der Waals surface area contributed by atoms with Crippen LogP contribution in [-0.2, 0) is 0 Å². The van der Waals surface area contributed by atoms with Crippen molar-refractivity contribution in [2.45, 2.75) is 38.6 Å². The maximum absolute atomic E-state index is 12.0. The lowest BCUT2D eigenvalue weighted by Crippen LogP contribution is -2.45. The van der Waals surface area contributed by atoms with Crippen LogP contribution in [0.5, 0.6) is 0 Å². The largest absolute Gasteiger partial charge is 0.345 e. The van der Waals surface area contributed by atoms with Gasteiger partial charge in [-0.25, -0.2) is 9.86 Å². The number of hydrogen-bond acceptors (Lipinski definition) is 3. The van der Waals surface area contributed by atoms with Crippen molar-refractivity contribution < 1.29 is 10.0 Å². The van der Waals surface area contributed by atoms with Crippen LogP contribution in [0.25, 0.3) is 0 Å². The van der Waals surface area contributed by atoms with E-state index in [1.54, 1.807) is 12.1 Å². The number of nitrogens with one attached hydrogen (secondary N) is 1. The van der Waals surface area contributed by atoms with Gasteiger partial charge in [-0.2, -0.15) is 5.26 Å². The second kappa shape index (κ2) is 6.40. The molecule has 1 aromatic rings.